The van der Waals surface area contributed by atoms with E-state index in [1.165, 1.54) is 12.0 Å². The average Bonchev–Trinajstić information content (AvgIpc) is 3.00. The summed E-state index contributed by atoms with van der Waals surface area (Å²) in [6, 6.07) is 8.31. The number of aliphatic hydroxyl groups is 1. The lowest BCUT2D eigenvalue weighted by molar-refractivity contribution is 0.110. The van der Waals surface area contributed by atoms with Crippen LogP contribution in [-0.2, 0) is 17.2 Å². The van der Waals surface area contributed by atoms with Crippen LogP contribution in [0.25, 0.3) is 0 Å². The standard InChI is InChI=1S/C25H31ClN4O2S/c1-24(2)11-19-21(33(24)32)22(29-25(14-31)8-3-9-25)28-23(27-19)30-12-16-10-17(13-30)20(16)15-4-6-18(26)7-5-15/h4-7,16-17,20,31H,3,8-14H2,1-2H3,(H,27,28,29)/t16?,17?,20?,33-/m0/s1. The van der Waals surface area contributed by atoms with Crippen molar-refractivity contribution in [3.63, 3.8) is 0 Å². The molecule has 2 N–H and O–H groups in total. The molecule has 33 heavy (non-hydrogen) atoms. The molecule has 0 amide bonds. The van der Waals surface area contributed by atoms with Crippen LogP contribution < -0.4 is 10.2 Å². The van der Waals surface area contributed by atoms with Crippen molar-refractivity contribution in [1.82, 2.24) is 9.97 Å². The lowest BCUT2D eigenvalue weighted by Crippen LogP contribution is -2.54. The molecule has 3 atom stereocenters. The van der Waals surface area contributed by atoms with E-state index < -0.39 is 10.8 Å². The van der Waals surface area contributed by atoms with E-state index in [-0.39, 0.29) is 16.9 Å². The highest BCUT2D eigenvalue weighted by Crippen LogP contribution is 2.52. The Hall–Kier alpha value is -1.70. The fourth-order valence-corrected chi connectivity index (χ4v) is 7.78. The number of halogens is 1. The third-order valence-electron chi connectivity index (χ3n) is 8.27. The molecule has 176 valence electrons. The minimum atomic E-state index is -1.18. The molecule has 6 nitrogen and oxygen atoms in total. The first kappa shape index (κ1) is 21.8. The summed E-state index contributed by atoms with van der Waals surface area (Å²) >= 11 is 6.10. The van der Waals surface area contributed by atoms with Gasteiger partial charge < -0.3 is 15.3 Å². The second-order valence-corrected chi connectivity index (χ2v) is 13.5. The number of aromatic nitrogens is 2. The van der Waals surface area contributed by atoms with Crippen molar-refractivity contribution in [2.75, 3.05) is 29.9 Å². The molecule has 0 spiro atoms. The third-order valence-corrected chi connectivity index (χ3v) is 10.5. The summed E-state index contributed by atoms with van der Waals surface area (Å²) in [6.45, 7) is 5.99. The quantitative estimate of drug-likeness (QED) is 0.661. The molecular weight excluding hydrogens is 456 g/mol. The maximum absolute atomic E-state index is 13.3. The van der Waals surface area contributed by atoms with E-state index in [0.29, 0.717) is 30.0 Å². The van der Waals surface area contributed by atoms with Crippen LogP contribution in [0.5, 0.6) is 0 Å². The normalized spacial score (nSPS) is 30.8. The molecule has 2 aromatic rings. The van der Waals surface area contributed by atoms with Crippen molar-refractivity contribution in [2.24, 2.45) is 11.8 Å². The molecule has 2 aliphatic carbocycles. The van der Waals surface area contributed by atoms with Gasteiger partial charge in [-0.05, 0) is 75.0 Å². The highest BCUT2D eigenvalue weighted by Gasteiger charge is 2.49. The van der Waals surface area contributed by atoms with Gasteiger partial charge >= 0.3 is 0 Å². The van der Waals surface area contributed by atoms with E-state index in [2.05, 4.69) is 22.3 Å². The number of piperidine rings is 2. The van der Waals surface area contributed by atoms with Gasteiger partial charge in [0.1, 0.15) is 10.7 Å². The zero-order valence-electron chi connectivity index (χ0n) is 19.2. The Balaban J connectivity index is 1.30. The van der Waals surface area contributed by atoms with Gasteiger partial charge in [0, 0.05) is 24.5 Å². The van der Waals surface area contributed by atoms with Crippen molar-refractivity contribution in [3.8, 4) is 0 Å². The van der Waals surface area contributed by atoms with E-state index in [9.17, 15) is 9.32 Å². The number of nitrogens with zero attached hydrogens (tertiary/aromatic N) is 3. The average molecular weight is 487 g/mol. The van der Waals surface area contributed by atoms with E-state index in [1.807, 2.05) is 26.0 Å². The van der Waals surface area contributed by atoms with E-state index in [4.69, 9.17) is 21.6 Å². The summed E-state index contributed by atoms with van der Waals surface area (Å²) in [5, 5.41) is 14.3. The maximum Gasteiger partial charge on any atom is 0.227 e. The molecule has 8 heteroatoms. The molecule has 2 bridgehead atoms. The minimum Gasteiger partial charge on any atom is -0.394 e. The summed E-state index contributed by atoms with van der Waals surface area (Å²) < 4.78 is 12.9. The maximum atomic E-state index is 13.3. The third kappa shape index (κ3) is 3.50. The Kier molecular flexibility index (Phi) is 5.06. The van der Waals surface area contributed by atoms with Crippen molar-refractivity contribution < 1.29 is 9.32 Å². The number of aliphatic hydroxyl groups excluding tert-OH is 1. The summed E-state index contributed by atoms with van der Waals surface area (Å²) in [6.07, 6.45) is 4.82. The predicted molar refractivity (Wildman–Crippen MR) is 132 cm³/mol. The van der Waals surface area contributed by atoms with Crippen molar-refractivity contribution in [1.29, 1.82) is 0 Å². The molecule has 3 aliphatic heterocycles. The van der Waals surface area contributed by atoms with Crippen LogP contribution in [0.2, 0.25) is 5.02 Å². The van der Waals surface area contributed by atoms with Crippen LogP contribution in [-0.4, -0.2) is 49.3 Å². The molecule has 7 rings (SSSR count). The van der Waals surface area contributed by atoms with E-state index >= 15 is 0 Å². The predicted octanol–water partition coefficient (Wildman–Crippen LogP) is 4.14. The Morgan fingerprint density at radius 2 is 1.88 bits per heavy atom. The Labute approximate surface area is 202 Å². The molecule has 2 saturated carbocycles. The molecule has 4 heterocycles. The topological polar surface area (TPSA) is 78.3 Å². The fraction of sp³-hybridized carbons (Fsp3) is 0.600. The van der Waals surface area contributed by atoms with Gasteiger partial charge in [0.2, 0.25) is 5.95 Å². The lowest BCUT2D eigenvalue weighted by atomic mass is 9.59. The second kappa shape index (κ2) is 7.65. The number of hydrogen-bond acceptors (Lipinski definition) is 6. The van der Waals surface area contributed by atoms with Crippen LogP contribution in [0.3, 0.4) is 0 Å². The molecule has 1 aromatic heterocycles. The highest BCUT2D eigenvalue weighted by atomic mass is 35.5. The Morgan fingerprint density at radius 1 is 1.18 bits per heavy atom. The fourth-order valence-electron chi connectivity index (χ4n) is 6.23. The summed E-state index contributed by atoms with van der Waals surface area (Å²) in [4.78, 5) is 13.0. The SMILES string of the molecule is CC1(C)Cc2nc(N3CC4CC(C3)C4c3ccc(Cl)cc3)nc(NC3(CO)CCC3)c2[S@@]1=O. The van der Waals surface area contributed by atoms with Gasteiger partial charge in [-0.15, -0.1) is 0 Å². The molecule has 2 saturated heterocycles. The lowest BCUT2D eigenvalue weighted by Gasteiger charge is -2.54. The van der Waals surface area contributed by atoms with Gasteiger partial charge in [0.25, 0.3) is 0 Å². The first-order valence-electron chi connectivity index (χ1n) is 12.0. The van der Waals surface area contributed by atoms with E-state index in [0.717, 1.165) is 53.9 Å². The Morgan fingerprint density at radius 3 is 2.48 bits per heavy atom. The second-order valence-electron chi connectivity index (χ2n) is 11.0. The first-order valence-corrected chi connectivity index (χ1v) is 13.5. The molecule has 5 aliphatic rings. The number of hydrogen-bond donors (Lipinski definition) is 2. The monoisotopic (exact) mass is 486 g/mol. The highest BCUT2D eigenvalue weighted by molar-refractivity contribution is 7.87. The van der Waals surface area contributed by atoms with E-state index in [1.54, 1.807) is 0 Å². The van der Waals surface area contributed by atoms with Crippen LogP contribution in [0.15, 0.2) is 29.2 Å². The summed E-state index contributed by atoms with van der Waals surface area (Å²) in [5.74, 6) is 3.15. The Bertz CT molecular complexity index is 1100. The van der Waals surface area contributed by atoms with Crippen LogP contribution in [0.1, 0.15) is 56.7 Å². The van der Waals surface area contributed by atoms with Gasteiger partial charge in [-0.3, -0.25) is 4.21 Å². The van der Waals surface area contributed by atoms with Gasteiger partial charge in [-0.1, -0.05) is 23.7 Å². The smallest absolute Gasteiger partial charge is 0.227 e. The zero-order valence-corrected chi connectivity index (χ0v) is 20.8. The van der Waals surface area contributed by atoms with Crippen molar-refractivity contribution >= 4 is 34.2 Å². The first-order chi connectivity index (χ1) is 15.8. The van der Waals surface area contributed by atoms with Gasteiger partial charge in [-0.25, -0.2) is 4.98 Å². The number of benzene rings is 1. The molecule has 2 unspecified atom stereocenters. The van der Waals surface area contributed by atoms with Crippen LogP contribution >= 0.6 is 11.6 Å². The number of rotatable bonds is 5. The number of anilines is 2. The van der Waals surface area contributed by atoms with Gasteiger partial charge in [0.15, 0.2) is 0 Å². The minimum absolute atomic E-state index is 0.0633. The summed E-state index contributed by atoms with van der Waals surface area (Å²) in [5.41, 5.74) is 1.93. The zero-order chi connectivity index (χ0) is 23.0. The van der Waals surface area contributed by atoms with Crippen LogP contribution in [0.4, 0.5) is 11.8 Å². The van der Waals surface area contributed by atoms with Gasteiger partial charge in [-0.2, -0.15) is 4.98 Å². The molecule has 1 aromatic carbocycles. The molecule has 0 radical (unpaired) electrons. The van der Waals surface area contributed by atoms with Crippen molar-refractivity contribution in [3.05, 3.63) is 40.5 Å². The van der Waals surface area contributed by atoms with Crippen LogP contribution in [0, 0.1) is 11.8 Å². The molecular formula is C25H31ClN4O2S. The number of nitrogens with one attached hydrogen (secondary N) is 1. The number of fused-ring (bicyclic) bond motifs is 3. The summed E-state index contributed by atoms with van der Waals surface area (Å²) in [7, 11) is -1.18. The van der Waals surface area contributed by atoms with Crippen molar-refractivity contribution in [2.45, 2.75) is 67.1 Å². The van der Waals surface area contributed by atoms with Gasteiger partial charge in [0.05, 0.1) is 33.4 Å². The molecule has 4 fully saturated rings. The largest absolute Gasteiger partial charge is 0.394 e.